The molecule has 2 fully saturated rings. The highest BCUT2D eigenvalue weighted by Crippen LogP contribution is 2.25. The third-order valence-corrected chi connectivity index (χ3v) is 5.39. The topological polar surface area (TPSA) is 61.4 Å². The molecule has 2 saturated heterocycles. The van der Waals surface area contributed by atoms with Crippen molar-refractivity contribution in [1.82, 2.24) is 15.5 Å². The van der Waals surface area contributed by atoms with Gasteiger partial charge in [-0.1, -0.05) is 23.2 Å². The Labute approximate surface area is 151 Å². The molecule has 0 spiro atoms. The van der Waals surface area contributed by atoms with Crippen molar-refractivity contribution in [3.63, 3.8) is 0 Å². The first-order valence-electron chi connectivity index (χ1n) is 8.30. The van der Waals surface area contributed by atoms with Gasteiger partial charge in [-0.3, -0.25) is 9.59 Å². The number of benzene rings is 1. The molecule has 130 valence electrons. The molecule has 2 N–H and O–H groups in total. The van der Waals surface area contributed by atoms with E-state index in [1.54, 1.807) is 23.1 Å². The summed E-state index contributed by atoms with van der Waals surface area (Å²) in [5, 5.41) is 7.11. The number of nitrogens with one attached hydrogen (secondary N) is 2. The Morgan fingerprint density at radius 3 is 2.75 bits per heavy atom. The summed E-state index contributed by atoms with van der Waals surface area (Å²) >= 11 is 11.9. The molecular weight excluding hydrogens is 349 g/mol. The quantitative estimate of drug-likeness (QED) is 0.859. The molecule has 1 aromatic rings. The second kappa shape index (κ2) is 7.72. The van der Waals surface area contributed by atoms with Crippen molar-refractivity contribution in [2.24, 2.45) is 5.92 Å². The SMILES string of the molecule is O=C(NC1CCNC1)C1CCCN(C(=O)c2ccc(Cl)c(Cl)c2)C1. The van der Waals surface area contributed by atoms with Crippen LogP contribution in [0, 0.1) is 5.92 Å². The minimum atomic E-state index is -0.147. The minimum Gasteiger partial charge on any atom is -0.352 e. The standard InChI is InChI=1S/C17H21Cl2N3O2/c18-14-4-3-11(8-15(14)19)17(24)22-7-1-2-12(10-22)16(23)21-13-5-6-20-9-13/h3-4,8,12-13,20H,1-2,5-7,9-10H2,(H,21,23). The van der Waals surface area contributed by atoms with Gasteiger partial charge in [0.2, 0.25) is 5.91 Å². The van der Waals surface area contributed by atoms with E-state index in [9.17, 15) is 9.59 Å². The van der Waals surface area contributed by atoms with Crippen LogP contribution < -0.4 is 10.6 Å². The lowest BCUT2D eigenvalue weighted by Crippen LogP contribution is -2.48. The van der Waals surface area contributed by atoms with Crippen LogP contribution in [0.3, 0.4) is 0 Å². The van der Waals surface area contributed by atoms with Gasteiger partial charge in [-0.15, -0.1) is 0 Å². The summed E-state index contributed by atoms with van der Waals surface area (Å²) in [6.07, 6.45) is 2.61. The number of hydrogen-bond donors (Lipinski definition) is 2. The second-order valence-electron chi connectivity index (χ2n) is 6.42. The van der Waals surface area contributed by atoms with Crippen LogP contribution in [0.15, 0.2) is 18.2 Å². The maximum absolute atomic E-state index is 12.7. The summed E-state index contributed by atoms with van der Waals surface area (Å²) in [5.74, 6) is -0.199. The van der Waals surface area contributed by atoms with E-state index in [0.29, 0.717) is 28.7 Å². The second-order valence-corrected chi connectivity index (χ2v) is 7.23. The molecule has 0 aromatic heterocycles. The minimum absolute atomic E-state index is 0.0512. The fourth-order valence-corrected chi connectivity index (χ4v) is 3.58. The Morgan fingerprint density at radius 2 is 2.04 bits per heavy atom. The fourth-order valence-electron chi connectivity index (χ4n) is 3.28. The van der Waals surface area contributed by atoms with E-state index in [2.05, 4.69) is 10.6 Å². The summed E-state index contributed by atoms with van der Waals surface area (Å²) < 4.78 is 0. The van der Waals surface area contributed by atoms with Crippen molar-refractivity contribution < 1.29 is 9.59 Å². The highest BCUT2D eigenvalue weighted by molar-refractivity contribution is 6.42. The average Bonchev–Trinajstić information content (AvgIpc) is 3.10. The molecule has 24 heavy (non-hydrogen) atoms. The number of hydrogen-bond acceptors (Lipinski definition) is 3. The van der Waals surface area contributed by atoms with Crippen LogP contribution in [-0.2, 0) is 4.79 Å². The Kier molecular flexibility index (Phi) is 5.64. The normalized spacial score (nSPS) is 24.0. The van der Waals surface area contributed by atoms with Crippen LogP contribution in [-0.4, -0.2) is 48.9 Å². The number of halogens is 2. The third kappa shape index (κ3) is 4.02. The molecule has 2 aliphatic heterocycles. The molecule has 2 amide bonds. The number of carbonyl (C=O) groups excluding carboxylic acids is 2. The molecule has 2 unspecified atom stereocenters. The zero-order valence-electron chi connectivity index (χ0n) is 13.4. The molecule has 2 heterocycles. The smallest absolute Gasteiger partial charge is 0.253 e. The number of nitrogens with zero attached hydrogens (tertiary/aromatic N) is 1. The summed E-state index contributed by atoms with van der Waals surface area (Å²) in [4.78, 5) is 26.8. The first-order chi connectivity index (χ1) is 11.5. The first-order valence-corrected chi connectivity index (χ1v) is 9.05. The van der Waals surface area contributed by atoms with E-state index in [0.717, 1.165) is 32.4 Å². The molecule has 0 saturated carbocycles. The lowest BCUT2D eigenvalue weighted by molar-refractivity contribution is -0.126. The number of likely N-dealkylation sites (tertiary alicyclic amines) is 1. The predicted octanol–water partition coefficient (Wildman–Crippen LogP) is 2.32. The Balaban J connectivity index is 1.62. The Morgan fingerprint density at radius 1 is 1.21 bits per heavy atom. The molecule has 2 aliphatic rings. The van der Waals surface area contributed by atoms with Crippen LogP contribution >= 0.6 is 23.2 Å². The molecule has 3 rings (SSSR count). The van der Waals surface area contributed by atoms with E-state index in [1.807, 2.05) is 0 Å². The third-order valence-electron chi connectivity index (χ3n) is 4.65. The van der Waals surface area contributed by atoms with Crippen LogP contribution in [0.1, 0.15) is 29.6 Å². The molecule has 1 aromatic carbocycles. The predicted molar refractivity (Wildman–Crippen MR) is 94.5 cm³/mol. The molecule has 2 atom stereocenters. The van der Waals surface area contributed by atoms with Crippen molar-refractivity contribution in [1.29, 1.82) is 0 Å². The Hall–Kier alpha value is -1.30. The van der Waals surface area contributed by atoms with Crippen LogP contribution in [0.25, 0.3) is 0 Å². The van der Waals surface area contributed by atoms with Gasteiger partial charge in [0.1, 0.15) is 0 Å². The number of amides is 2. The molecule has 0 bridgehead atoms. The van der Waals surface area contributed by atoms with Crippen molar-refractivity contribution >= 4 is 35.0 Å². The molecule has 7 heteroatoms. The van der Waals surface area contributed by atoms with E-state index >= 15 is 0 Å². The largest absolute Gasteiger partial charge is 0.352 e. The van der Waals surface area contributed by atoms with Gasteiger partial charge >= 0.3 is 0 Å². The zero-order chi connectivity index (χ0) is 17.1. The van der Waals surface area contributed by atoms with Gasteiger partial charge in [0.25, 0.3) is 5.91 Å². The van der Waals surface area contributed by atoms with Crippen LogP contribution in [0.4, 0.5) is 0 Å². The maximum atomic E-state index is 12.7. The van der Waals surface area contributed by atoms with Gasteiger partial charge in [0.05, 0.1) is 16.0 Å². The molecular formula is C17H21Cl2N3O2. The van der Waals surface area contributed by atoms with Gasteiger partial charge in [0.15, 0.2) is 0 Å². The van der Waals surface area contributed by atoms with Crippen LogP contribution in [0.5, 0.6) is 0 Å². The van der Waals surface area contributed by atoms with Crippen molar-refractivity contribution in [2.75, 3.05) is 26.2 Å². The van der Waals surface area contributed by atoms with Gasteiger partial charge < -0.3 is 15.5 Å². The van der Waals surface area contributed by atoms with E-state index < -0.39 is 0 Å². The highest BCUT2D eigenvalue weighted by Gasteiger charge is 2.30. The number of piperidine rings is 1. The first kappa shape index (κ1) is 17.5. The lowest BCUT2D eigenvalue weighted by Gasteiger charge is -2.32. The van der Waals surface area contributed by atoms with E-state index in [1.165, 1.54) is 0 Å². The summed E-state index contributed by atoms with van der Waals surface area (Å²) in [5.41, 5.74) is 0.505. The monoisotopic (exact) mass is 369 g/mol. The van der Waals surface area contributed by atoms with E-state index in [-0.39, 0.29) is 23.8 Å². The van der Waals surface area contributed by atoms with Gasteiger partial charge in [-0.05, 0) is 44.0 Å². The summed E-state index contributed by atoms with van der Waals surface area (Å²) in [6, 6.07) is 5.08. The molecule has 5 nitrogen and oxygen atoms in total. The summed E-state index contributed by atoms with van der Waals surface area (Å²) in [7, 11) is 0. The average molecular weight is 370 g/mol. The zero-order valence-corrected chi connectivity index (χ0v) is 14.9. The Bertz CT molecular complexity index is 632. The van der Waals surface area contributed by atoms with Crippen LogP contribution in [0.2, 0.25) is 10.0 Å². The highest BCUT2D eigenvalue weighted by atomic mass is 35.5. The fraction of sp³-hybridized carbons (Fsp3) is 0.529. The van der Waals surface area contributed by atoms with Gasteiger partial charge in [-0.2, -0.15) is 0 Å². The van der Waals surface area contributed by atoms with Crippen molar-refractivity contribution in [3.05, 3.63) is 33.8 Å². The van der Waals surface area contributed by atoms with Crippen molar-refractivity contribution in [2.45, 2.75) is 25.3 Å². The number of carbonyl (C=O) groups is 2. The van der Waals surface area contributed by atoms with Gasteiger partial charge in [-0.25, -0.2) is 0 Å². The summed E-state index contributed by atoms with van der Waals surface area (Å²) in [6.45, 7) is 2.88. The molecule has 0 radical (unpaired) electrons. The maximum Gasteiger partial charge on any atom is 0.253 e. The van der Waals surface area contributed by atoms with E-state index in [4.69, 9.17) is 23.2 Å². The lowest BCUT2D eigenvalue weighted by atomic mass is 9.96. The van der Waals surface area contributed by atoms with Crippen molar-refractivity contribution in [3.8, 4) is 0 Å². The number of rotatable bonds is 3. The van der Waals surface area contributed by atoms with Gasteiger partial charge in [0, 0.05) is 31.2 Å². The molecule has 0 aliphatic carbocycles.